The Morgan fingerprint density at radius 3 is 0.464 bits per heavy atom. The second-order valence-corrected chi connectivity index (χ2v) is 21.2. The third-order valence-electron chi connectivity index (χ3n) is 5.00. The Bertz CT molecular complexity index is 311. The van der Waals surface area contributed by atoms with Crippen LogP contribution in [-0.2, 0) is 42.1 Å². The standard InChI is InChI=1S/2C7H18P2.4CN.2Pt/c2*1-7(2,8(3)4)9(5)6;4*1-2;;/h2*1-6H3;;;;;;/q;;4*-1;;/p+4. The van der Waals surface area contributed by atoms with Gasteiger partial charge in [0.2, 0.25) is 0 Å². The predicted octanol–water partition coefficient (Wildman–Crippen LogP) is 5.72. The summed E-state index contributed by atoms with van der Waals surface area (Å²) in [7, 11) is -0.260. The van der Waals surface area contributed by atoms with E-state index in [1.807, 2.05) is 0 Å². The maximum atomic E-state index is 6.25. The zero-order chi connectivity index (χ0) is 23.3. The Balaban J connectivity index is -0.0000000332. The van der Waals surface area contributed by atoms with Crippen molar-refractivity contribution in [2.45, 2.75) is 37.5 Å². The van der Waals surface area contributed by atoms with E-state index in [2.05, 4.69) is 81.0 Å². The summed E-state index contributed by atoms with van der Waals surface area (Å²) in [5.41, 5.74) is 0. The molecule has 0 atom stereocenters. The van der Waals surface area contributed by atoms with Crippen molar-refractivity contribution in [3.8, 4) is 0 Å². The molecule has 0 aromatic rings. The first-order valence-corrected chi connectivity index (χ1v) is 17.9. The van der Waals surface area contributed by atoms with Crippen molar-refractivity contribution < 1.29 is 42.1 Å². The fraction of sp³-hybridized carbons (Fsp3) is 0.778. The van der Waals surface area contributed by atoms with Crippen LogP contribution in [0.5, 0.6) is 0 Å². The molecule has 0 saturated carbocycles. The normalized spacial score (nSPS) is 8.86. The van der Waals surface area contributed by atoms with Gasteiger partial charge < -0.3 is 47.3 Å². The van der Waals surface area contributed by atoms with Gasteiger partial charge in [-0.1, -0.05) is 0 Å². The molecule has 4 nitrogen and oxygen atoms in total. The van der Waals surface area contributed by atoms with E-state index >= 15 is 0 Å². The van der Waals surface area contributed by atoms with Crippen LogP contribution in [0.15, 0.2) is 0 Å². The topological polar surface area (TPSA) is 95.2 Å². The zero-order valence-electron chi connectivity index (χ0n) is 19.4. The molecule has 0 bridgehead atoms. The van der Waals surface area contributed by atoms with Gasteiger partial charge in [-0.3, -0.25) is 0 Å². The van der Waals surface area contributed by atoms with Crippen LogP contribution < -0.4 is 0 Å². The molecule has 0 radical (unpaired) electrons. The molecule has 0 saturated heterocycles. The molecule has 0 aliphatic rings. The van der Waals surface area contributed by atoms with Gasteiger partial charge in [0.1, 0.15) is 0 Å². The van der Waals surface area contributed by atoms with Gasteiger partial charge in [0.25, 0.3) is 0 Å². The Labute approximate surface area is 210 Å². The largest absolute Gasteiger partial charge is 0.512 e. The summed E-state index contributed by atoms with van der Waals surface area (Å²) >= 11 is 0. The third kappa shape index (κ3) is 29.3. The molecule has 0 N–H and O–H groups in total. The van der Waals surface area contributed by atoms with Crippen LogP contribution in [0.25, 0.3) is 0 Å². The quantitative estimate of drug-likeness (QED) is 0.268. The first kappa shape index (κ1) is 51.6. The summed E-state index contributed by atoms with van der Waals surface area (Å²) < 4.78 is 0. The minimum absolute atomic E-state index is 0. The smallest absolute Gasteiger partial charge is 0.166 e. The van der Waals surface area contributed by atoms with E-state index in [0.29, 0.717) is 9.79 Å². The number of nitrogens with zero attached hydrogens (tertiary/aromatic N) is 4. The average Bonchev–Trinajstić information content (AvgIpc) is 2.62. The average molecular weight is 827 g/mol. The summed E-state index contributed by atoms with van der Waals surface area (Å²) in [4.78, 5) is 1.41. The van der Waals surface area contributed by atoms with Gasteiger partial charge in [0.05, 0.1) is 53.3 Å². The van der Waals surface area contributed by atoms with Crippen molar-refractivity contribution in [3.63, 3.8) is 0 Å². The molecule has 0 spiro atoms. The molecule has 0 rings (SSSR count). The molecule has 10 heteroatoms. The van der Waals surface area contributed by atoms with Gasteiger partial charge in [-0.2, -0.15) is 0 Å². The van der Waals surface area contributed by atoms with Gasteiger partial charge >= 0.3 is 0 Å². The SMILES string of the molecule is C[PH+](C)C(C)(C)[PH+](C)C.C[PH+](C)C(C)(C)[PH+](C)C.[C-]#N.[C-]#N.[C-]#N.[C-]#N.[Pt].[Pt]. The fourth-order valence-electron chi connectivity index (χ4n) is 1.00. The molecule has 0 aromatic heterocycles. The Morgan fingerprint density at radius 2 is 0.464 bits per heavy atom. The van der Waals surface area contributed by atoms with E-state index < -0.39 is 0 Å². The van der Waals surface area contributed by atoms with Crippen LogP contribution in [-0.4, -0.2) is 63.1 Å². The summed E-state index contributed by atoms with van der Waals surface area (Å²) in [6.07, 6.45) is 0. The summed E-state index contributed by atoms with van der Waals surface area (Å²) in [5.74, 6) is 0. The molecule has 0 unspecified atom stereocenters. The first-order valence-electron chi connectivity index (χ1n) is 7.89. The van der Waals surface area contributed by atoms with Gasteiger partial charge in [0.15, 0.2) is 9.79 Å². The summed E-state index contributed by atoms with van der Waals surface area (Å²) in [6.45, 7) is 48.1. The zero-order valence-corrected chi connectivity index (χ0v) is 28.0. The van der Waals surface area contributed by atoms with Crippen LogP contribution in [0.3, 0.4) is 0 Å². The molecule has 0 amide bonds. The van der Waals surface area contributed by atoms with Gasteiger partial charge in [-0.25, -0.2) is 0 Å². The van der Waals surface area contributed by atoms with Crippen LogP contribution in [0.2, 0.25) is 0 Å². The molecule has 0 heterocycles. The second-order valence-electron chi connectivity index (χ2n) is 7.25. The van der Waals surface area contributed by atoms with Crippen molar-refractivity contribution in [2.24, 2.45) is 0 Å². The fourth-order valence-corrected chi connectivity index (χ4v) is 9.00. The maximum Gasteiger partial charge on any atom is 0.166 e. The Morgan fingerprint density at radius 1 is 0.393 bits per heavy atom. The van der Waals surface area contributed by atoms with E-state index in [-0.39, 0.29) is 73.8 Å². The molecule has 0 aliphatic carbocycles. The van der Waals surface area contributed by atoms with E-state index in [4.69, 9.17) is 47.3 Å². The molecular weight excluding hydrogens is 786 g/mol. The van der Waals surface area contributed by atoms with E-state index in [1.165, 1.54) is 0 Å². The minimum atomic E-state index is -0.0651. The Hall–Kier alpha value is 1.06. The van der Waals surface area contributed by atoms with Crippen LogP contribution in [0.1, 0.15) is 27.7 Å². The van der Waals surface area contributed by atoms with Crippen molar-refractivity contribution in [3.05, 3.63) is 26.3 Å². The van der Waals surface area contributed by atoms with Crippen LogP contribution in [0.4, 0.5) is 0 Å². The minimum Gasteiger partial charge on any atom is -0.512 e. The number of hydrogen-bond acceptors (Lipinski definition) is 4. The van der Waals surface area contributed by atoms with Crippen molar-refractivity contribution >= 4 is 31.7 Å². The summed E-state index contributed by atoms with van der Waals surface area (Å²) in [6, 6.07) is 0. The molecular formula is C18H40N4P4Pt2. The summed E-state index contributed by atoms with van der Waals surface area (Å²) in [5, 5.41) is 25.0. The van der Waals surface area contributed by atoms with Gasteiger partial charge in [-0.05, 0) is 0 Å². The third-order valence-corrected chi connectivity index (χ3v) is 21.0. The van der Waals surface area contributed by atoms with Crippen molar-refractivity contribution in [2.75, 3.05) is 53.3 Å². The Kier molecular flexibility index (Phi) is 60.3. The molecule has 0 aromatic carbocycles. The molecule has 172 valence electrons. The molecule has 0 aliphatic heterocycles. The van der Waals surface area contributed by atoms with E-state index in [9.17, 15) is 0 Å². The number of hydrogen-bond donors (Lipinski definition) is 0. The second kappa shape index (κ2) is 32.7. The van der Waals surface area contributed by atoms with E-state index in [1.54, 1.807) is 0 Å². The maximum absolute atomic E-state index is 6.25. The van der Waals surface area contributed by atoms with Crippen LogP contribution in [0, 0.1) is 47.3 Å². The predicted molar refractivity (Wildman–Crippen MR) is 129 cm³/mol. The number of rotatable bonds is 4. The molecule has 0 fully saturated rings. The van der Waals surface area contributed by atoms with Crippen molar-refractivity contribution in [1.82, 2.24) is 0 Å². The first-order chi connectivity index (χ1) is 11.8. The van der Waals surface area contributed by atoms with E-state index in [0.717, 1.165) is 0 Å². The van der Waals surface area contributed by atoms with Gasteiger partial charge in [0, 0.05) is 102 Å². The van der Waals surface area contributed by atoms with Crippen molar-refractivity contribution in [1.29, 1.82) is 21.0 Å². The monoisotopic (exact) mass is 826 g/mol. The van der Waals surface area contributed by atoms with Gasteiger partial charge in [-0.15, -0.1) is 0 Å². The van der Waals surface area contributed by atoms with Crippen LogP contribution >= 0.6 is 31.7 Å². The molecule has 28 heavy (non-hydrogen) atoms.